The molecule has 0 aromatic carbocycles. The molecule has 94 valence electrons. The second-order valence-corrected chi connectivity index (χ2v) is 2.78. The topological polar surface area (TPSA) is 56.0 Å². The van der Waals surface area contributed by atoms with E-state index in [0.29, 0.717) is 0 Å². The van der Waals surface area contributed by atoms with Crippen LogP contribution in [-0.2, 0) is 6.18 Å². The molecule has 1 aromatic rings. The molecule has 0 saturated carbocycles. The van der Waals surface area contributed by atoms with Crippen molar-refractivity contribution in [3.05, 3.63) is 33.3 Å². The maximum atomic E-state index is 12.8. The van der Waals surface area contributed by atoms with Gasteiger partial charge in [-0.1, -0.05) is 0 Å². The van der Waals surface area contributed by atoms with Crippen LogP contribution in [0.4, 0.5) is 32.2 Å². The van der Waals surface area contributed by atoms with E-state index < -0.39 is 40.4 Å². The molecule has 0 bridgehead atoms. The Labute approximate surface area is 89.0 Å². The van der Waals surface area contributed by atoms with Crippen LogP contribution in [0.2, 0.25) is 0 Å². The number of hydrogen-bond donors (Lipinski definition) is 0. The van der Waals surface area contributed by atoms with Crippen LogP contribution in [0.5, 0.6) is 0 Å². The molecule has 0 aliphatic rings. The van der Waals surface area contributed by atoms with Crippen LogP contribution < -0.4 is 0 Å². The SMILES string of the molecule is O=[N+]([O-])c1nc(C(F)F)c(C(F)(F)F)cc1F. The van der Waals surface area contributed by atoms with E-state index in [0.717, 1.165) is 0 Å². The number of nitrogens with zero attached hydrogens (tertiary/aromatic N) is 2. The third-order valence-corrected chi connectivity index (χ3v) is 1.67. The Morgan fingerprint density at radius 2 is 1.88 bits per heavy atom. The van der Waals surface area contributed by atoms with E-state index in [4.69, 9.17) is 0 Å². The maximum absolute atomic E-state index is 12.8. The van der Waals surface area contributed by atoms with Crippen molar-refractivity contribution in [2.45, 2.75) is 12.6 Å². The zero-order valence-electron chi connectivity index (χ0n) is 7.63. The van der Waals surface area contributed by atoms with Gasteiger partial charge in [-0.05, 0) is 16.0 Å². The lowest BCUT2D eigenvalue weighted by Crippen LogP contribution is -2.13. The van der Waals surface area contributed by atoms with Crippen molar-refractivity contribution in [3.63, 3.8) is 0 Å². The average molecular weight is 260 g/mol. The van der Waals surface area contributed by atoms with E-state index in [1.807, 2.05) is 0 Å². The number of nitro groups is 1. The van der Waals surface area contributed by atoms with Crippen molar-refractivity contribution in [2.24, 2.45) is 0 Å². The van der Waals surface area contributed by atoms with Crippen molar-refractivity contribution in [3.8, 4) is 0 Å². The summed E-state index contributed by atoms with van der Waals surface area (Å²) in [5, 5.41) is 10.1. The molecule has 0 amide bonds. The highest BCUT2D eigenvalue weighted by molar-refractivity contribution is 5.33. The lowest BCUT2D eigenvalue weighted by molar-refractivity contribution is -0.392. The van der Waals surface area contributed by atoms with E-state index in [1.54, 1.807) is 0 Å². The zero-order chi connectivity index (χ0) is 13.4. The summed E-state index contributed by atoms with van der Waals surface area (Å²) >= 11 is 0. The Morgan fingerprint density at radius 1 is 1.35 bits per heavy atom. The minimum Gasteiger partial charge on any atom is -0.358 e. The molecule has 0 spiro atoms. The van der Waals surface area contributed by atoms with Crippen LogP contribution in [0, 0.1) is 15.9 Å². The molecule has 0 saturated heterocycles. The molecule has 10 heteroatoms. The molecule has 0 unspecified atom stereocenters. The molecule has 1 aromatic heterocycles. The minimum atomic E-state index is -5.27. The van der Waals surface area contributed by atoms with Gasteiger partial charge in [0.25, 0.3) is 0 Å². The van der Waals surface area contributed by atoms with Crippen LogP contribution in [0.15, 0.2) is 6.07 Å². The molecular weight excluding hydrogens is 258 g/mol. The second kappa shape index (κ2) is 4.18. The van der Waals surface area contributed by atoms with Gasteiger partial charge in [0.15, 0.2) is 0 Å². The zero-order valence-corrected chi connectivity index (χ0v) is 7.63. The molecule has 4 nitrogen and oxygen atoms in total. The van der Waals surface area contributed by atoms with Crippen LogP contribution in [0.3, 0.4) is 0 Å². The Balaban J connectivity index is 3.53. The molecule has 0 N–H and O–H groups in total. The Kier molecular flexibility index (Phi) is 3.25. The van der Waals surface area contributed by atoms with E-state index in [2.05, 4.69) is 4.98 Å². The van der Waals surface area contributed by atoms with Gasteiger partial charge in [0.2, 0.25) is 11.5 Å². The van der Waals surface area contributed by atoms with E-state index in [1.165, 1.54) is 0 Å². The van der Waals surface area contributed by atoms with Crippen molar-refractivity contribution in [2.75, 3.05) is 0 Å². The fourth-order valence-electron chi connectivity index (χ4n) is 1.01. The fourth-order valence-corrected chi connectivity index (χ4v) is 1.01. The quantitative estimate of drug-likeness (QED) is 0.466. The Bertz CT molecular complexity index is 458. The number of halogens is 6. The van der Waals surface area contributed by atoms with Gasteiger partial charge in [0, 0.05) is 0 Å². The number of rotatable bonds is 2. The highest BCUT2D eigenvalue weighted by atomic mass is 19.4. The van der Waals surface area contributed by atoms with E-state index in [9.17, 15) is 36.5 Å². The first-order valence-corrected chi connectivity index (χ1v) is 3.84. The van der Waals surface area contributed by atoms with Crippen molar-refractivity contribution >= 4 is 5.82 Å². The Morgan fingerprint density at radius 3 is 2.24 bits per heavy atom. The maximum Gasteiger partial charge on any atom is 0.420 e. The molecular formula is C7H2F6N2O2. The molecule has 1 heterocycles. The molecule has 0 aliphatic carbocycles. The van der Waals surface area contributed by atoms with Gasteiger partial charge < -0.3 is 10.1 Å². The predicted octanol–water partition coefficient (Wildman–Crippen LogP) is 3.09. The summed E-state index contributed by atoms with van der Waals surface area (Å²) in [5.74, 6) is -3.60. The average Bonchev–Trinajstić information content (AvgIpc) is 2.14. The summed E-state index contributed by atoms with van der Waals surface area (Å²) in [6, 6.07) is -0.368. The van der Waals surface area contributed by atoms with Gasteiger partial charge in [-0.25, -0.2) is 8.78 Å². The lowest BCUT2D eigenvalue weighted by Gasteiger charge is -2.08. The number of alkyl halides is 5. The number of aromatic nitrogens is 1. The molecule has 0 radical (unpaired) electrons. The first-order valence-electron chi connectivity index (χ1n) is 3.84. The fraction of sp³-hybridized carbons (Fsp3) is 0.286. The molecule has 0 aliphatic heterocycles. The van der Waals surface area contributed by atoms with Crippen molar-refractivity contribution in [1.29, 1.82) is 0 Å². The first kappa shape index (κ1) is 13.2. The minimum absolute atomic E-state index is 0.368. The van der Waals surface area contributed by atoms with E-state index >= 15 is 0 Å². The second-order valence-electron chi connectivity index (χ2n) is 2.78. The number of pyridine rings is 1. The summed E-state index contributed by atoms with van der Waals surface area (Å²) in [7, 11) is 0. The summed E-state index contributed by atoms with van der Waals surface area (Å²) in [6.45, 7) is 0. The van der Waals surface area contributed by atoms with Crippen LogP contribution >= 0.6 is 0 Å². The van der Waals surface area contributed by atoms with Crippen LogP contribution in [-0.4, -0.2) is 9.91 Å². The van der Waals surface area contributed by atoms with Gasteiger partial charge in [-0.2, -0.15) is 17.6 Å². The molecule has 1 rings (SSSR count). The molecule has 17 heavy (non-hydrogen) atoms. The third kappa shape index (κ3) is 2.63. The molecule has 0 fully saturated rings. The summed E-state index contributed by atoms with van der Waals surface area (Å²) in [6.07, 6.45) is -8.97. The highest BCUT2D eigenvalue weighted by Crippen LogP contribution is 2.37. The van der Waals surface area contributed by atoms with Gasteiger partial charge in [-0.3, -0.25) is 0 Å². The third-order valence-electron chi connectivity index (χ3n) is 1.67. The largest absolute Gasteiger partial charge is 0.420 e. The van der Waals surface area contributed by atoms with Gasteiger partial charge in [0.1, 0.15) is 5.56 Å². The standard InChI is InChI=1S/C7H2F6N2O2/c8-3-1-2(7(11,12)13)4(5(9)10)14-6(3)15(16)17/h1,5H. The summed E-state index contributed by atoms with van der Waals surface area (Å²) in [4.78, 5) is 11.0. The lowest BCUT2D eigenvalue weighted by atomic mass is 10.2. The predicted molar refractivity (Wildman–Crippen MR) is 40.8 cm³/mol. The highest BCUT2D eigenvalue weighted by Gasteiger charge is 2.41. The Hall–Kier alpha value is -1.87. The van der Waals surface area contributed by atoms with Crippen LogP contribution in [0.1, 0.15) is 17.7 Å². The number of hydrogen-bond acceptors (Lipinski definition) is 3. The van der Waals surface area contributed by atoms with Crippen molar-refractivity contribution < 1.29 is 31.3 Å². The first-order chi connectivity index (χ1) is 7.64. The summed E-state index contributed by atoms with van der Waals surface area (Å²) < 4.78 is 73.9. The van der Waals surface area contributed by atoms with Gasteiger partial charge in [0.05, 0.1) is 0 Å². The van der Waals surface area contributed by atoms with Crippen molar-refractivity contribution in [1.82, 2.24) is 4.98 Å². The monoisotopic (exact) mass is 260 g/mol. The smallest absolute Gasteiger partial charge is 0.358 e. The molecule has 0 atom stereocenters. The van der Waals surface area contributed by atoms with Crippen LogP contribution in [0.25, 0.3) is 0 Å². The van der Waals surface area contributed by atoms with Gasteiger partial charge in [-0.15, -0.1) is 0 Å². The summed E-state index contributed by atoms with van der Waals surface area (Å²) in [5.41, 5.74) is -3.90. The van der Waals surface area contributed by atoms with E-state index in [-0.39, 0.29) is 6.07 Å². The normalized spacial score (nSPS) is 11.9. The van der Waals surface area contributed by atoms with Gasteiger partial charge >= 0.3 is 18.4 Å².